The van der Waals surface area contributed by atoms with E-state index < -0.39 is 0 Å². The molecule has 20 heavy (non-hydrogen) atoms. The lowest BCUT2D eigenvalue weighted by Crippen LogP contribution is -2.41. The fourth-order valence-electron chi connectivity index (χ4n) is 2.23. The summed E-state index contributed by atoms with van der Waals surface area (Å²) < 4.78 is 0. The third kappa shape index (κ3) is 3.64. The topological polar surface area (TPSA) is 20.3 Å². The lowest BCUT2D eigenvalue weighted by molar-refractivity contribution is -0.127. The highest BCUT2D eigenvalue weighted by Gasteiger charge is 2.25. The van der Waals surface area contributed by atoms with Gasteiger partial charge in [-0.1, -0.05) is 48.2 Å². The number of rotatable bonds is 5. The van der Waals surface area contributed by atoms with Crippen molar-refractivity contribution in [3.05, 3.63) is 66.1 Å². The van der Waals surface area contributed by atoms with Gasteiger partial charge in [-0.3, -0.25) is 4.79 Å². The molecule has 1 aliphatic rings. The second kappa shape index (κ2) is 7.15. The number of benzene rings is 1. The van der Waals surface area contributed by atoms with Crippen LogP contribution in [-0.4, -0.2) is 23.4 Å². The number of carbonyl (C=O) groups is 1. The number of allylic oxidation sites excluding steroid dienone is 1. The van der Waals surface area contributed by atoms with Crippen LogP contribution in [0.2, 0.25) is 0 Å². The molecule has 0 aromatic heterocycles. The molecule has 0 saturated carbocycles. The predicted octanol–water partition coefficient (Wildman–Crippen LogP) is 4.03. The molecule has 0 bridgehead atoms. The van der Waals surface area contributed by atoms with Crippen LogP contribution in [0.25, 0.3) is 0 Å². The molecule has 1 unspecified atom stereocenters. The van der Waals surface area contributed by atoms with Crippen LogP contribution in [0.15, 0.2) is 71.0 Å². The van der Waals surface area contributed by atoms with Crippen molar-refractivity contribution in [3.8, 4) is 0 Å². The highest BCUT2D eigenvalue weighted by atomic mass is 32.2. The van der Waals surface area contributed by atoms with E-state index in [9.17, 15) is 4.79 Å². The molecule has 2 nitrogen and oxygen atoms in total. The van der Waals surface area contributed by atoms with Gasteiger partial charge in [0.05, 0.1) is 6.04 Å². The third-order valence-corrected chi connectivity index (χ3v) is 4.17. The number of thioether (sulfide) groups is 1. The SMILES string of the molecule is C=CCN1C(=O)C=C(Sc2ccccc2)CC1/C=C/C. The van der Waals surface area contributed by atoms with Crippen molar-refractivity contribution >= 4 is 17.7 Å². The first-order valence-electron chi connectivity index (χ1n) is 6.72. The molecule has 1 aliphatic heterocycles. The standard InChI is InChI=1S/C17H19NOS/c1-3-8-14-12-16(13-17(19)18(14)11-4-2)20-15-9-6-5-7-10-15/h3-10,13-14H,2,11-12H2,1H3/b8-3+. The van der Waals surface area contributed by atoms with Crippen LogP contribution in [0, 0.1) is 0 Å². The van der Waals surface area contributed by atoms with E-state index in [1.807, 2.05) is 36.1 Å². The van der Waals surface area contributed by atoms with Crippen LogP contribution in [0.3, 0.4) is 0 Å². The molecule has 0 fully saturated rings. The lowest BCUT2D eigenvalue weighted by atomic mass is 10.1. The van der Waals surface area contributed by atoms with Crippen molar-refractivity contribution in [2.45, 2.75) is 24.3 Å². The van der Waals surface area contributed by atoms with Crippen molar-refractivity contribution < 1.29 is 4.79 Å². The maximum Gasteiger partial charge on any atom is 0.248 e. The molecule has 1 aromatic rings. The summed E-state index contributed by atoms with van der Waals surface area (Å²) in [6.45, 7) is 6.30. The summed E-state index contributed by atoms with van der Waals surface area (Å²) in [5.74, 6) is 0.0673. The summed E-state index contributed by atoms with van der Waals surface area (Å²) in [6, 6.07) is 10.3. The van der Waals surface area contributed by atoms with Gasteiger partial charge in [0.15, 0.2) is 0 Å². The van der Waals surface area contributed by atoms with Crippen LogP contribution in [0.5, 0.6) is 0 Å². The van der Waals surface area contributed by atoms with Gasteiger partial charge in [-0.15, -0.1) is 6.58 Å². The number of hydrogen-bond acceptors (Lipinski definition) is 2. The first-order chi connectivity index (χ1) is 9.74. The van der Waals surface area contributed by atoms with Crippen LogP contribution in [-0.2, 0) is 4.79 Å². The normalized spacial score (nSPS) is 19.2. The van der Waals surface area contributed by atoms with Crippen LogP contribution >= 0.6 is 11.8 Å². The molecule has 104 valence electrons. The maximum absolute atomic E-state index is 12.2. The summed E-state index contributed by atoms with van der Waals surface area (Å²) in [5, 5.41) is 0. The smallest absolute Gasteiger partial charge is 0.248 e. The van der Waals surface area contributed by atoms with E-state index in [2.05, 4.69) is 24.8 Å². The number of hydrogen-bond donors (Lipinski definition) is 0. The van der Waals surface area contributed by atoms with Gasteiger partial charge in [0.25, 0.3) is 0 Å². The zero-order chi connectivity index (χ0) is 14.4. The fraction of sp³-hybridized carbons (Fsp3) is 0.235. The molecule has 0 aliphatic carbocycles. The summed E-state index contributed by atoms with van der Waals surface area (Å²) in [4.78, 5) is 16.4. The van der Waals surface area contributed by atoms with Gasteiger partial charge in [-0.25, -0.2) is 0 Å². The average molecular weight is 285 g/mol. The largest absolute Gasteiger partial charge is 0.329 e. The van der Waals surface area contributed by atoms with Crippen LogP contribution in [0.4, 0.5) is 0 Å². The van der Waals surface area contributed by atoms with E-state index in [4.69, 9.17) is 0 Å². The maximum atomic E-state index is 12.2. The molecule has 2 rings (SSSR count). The molecule has 1 heterocycles. The summed E-state index contributed by atoms with van der Waals surface area (Å²) >= 11 is 1.67. The zero-order valence-electron chi connectivity index (χ0n) is 11.7. The van der Waals surface area contributed by atoms with Gasteiger partial charge in [-0.2, -0.15) is 0 Å². The Labute approximate surface area is 124 Å². The molecular formula is C17H19NOS. The number of nitrogens with zero attached hydrogens (tertiary/aromatic N) is 1. The minimum atomic E-state index is 0.0673. The molecule has 1 amide bonds. The first kappa shape index (κ1) is 14.7. The van der Waals surface area contributed by atoms with E-state index in [-0.39, 0.29) is 11.9 Å². The lowest BCUT2D eigenvalue weighted by Gasteiger charge is -2.32. The highest BCUT2D eigenvalue weighted by molar-refractivity contribution is 8.03. The van der Waals surface area contributed by atoms with E-state index in [0.717, 1.165) is 11.3 Å². The first-order valence-corrected chi connectivity index (χ1v) is 7.54. The van der Waals surface area contributed by atoms with Gasteiger partial charge < -0.3 is 4.90 Å². The second-order valence-corrected chi connectivity index (χ2v) is 5.80. The molecule has 0 spiro atoms. The van der Waals surface area contributed by atoms with E-state index in [1.165, 1.54) is 4.90 Å². The van der Waals surface area contributed by atoms with Gasteiger partial charge in [-0.05, 0) is 24.0 Å². The van der Waals surface area contributed by atoms with Gasteiger partial charge in [0.1, 0.15) is 0 Å². The van der Waals surface area contributed by atoms with Gasteiger partial charge in [0, 0.05) is 23.9 Å². The highest BCUT2D eigenvalue weighted by Crippen LogP contribution is 2.33. The Hall–Kier alpha value is -1.74. The molecule has 0 saturated heterocycles. The molecule has 3 heteroatoms. The molecule has 0 radical (unpaired) electrons. The van der Waals surface area contributed by atoms with E-state index in [0.29, 0.717) is 6.54 Å². The Morgan fingerprint density at radius 3 is 2.80 bits per heavy atom. The Kier molecular flexibility index (Phi) is 5.24. The van der Waals surface area contributed by atoms with Gasteiger partial charge >= 0.3 is 0 Å². The van der Waals surface area contributed by atoms with Crippen LogP contribution < -0.4 is 0 Å². The van der Waals surface area contributed by atoms with Gasteiger partial charge in [0.2, 0.25) is 5.91 Å². The Bertz CT molecular complexity index is 533. The fourth-order valence-corrected chi connectivity index (χ4v) is 3.24. The third-order valence-electron chi connectivity index (χ3n) is 3.11. The van der Waals surface area contributed by atoms with Crippen molar-refractivity contribution in [2.75, 3.05) is 6.54 Å². The van der Waals surface area contributed by atoms with E-state index >= 15 is 0 Å². The average Bonchev–Trinajstić information content (AvgIpc) is 2.44. The number of carbonyl (C=O) groups excluding carboxylic acids is 1. The molecular weight excluding hydrogens is 266 g/mol. The quantitative estimate of drug-likeness (QED) is 0.761. The minimum absolute atomic E-state index is 0.0673. The zero-order valence-corrected chi connectivity index (χ0v) is 12.5. The Morgan fingerprint density at radius 2 is 2.15 bits per heavy atom. The molecule has 0 N–H and O–H groups in total. The summed E-state index contributed by atoms with van der Waals surface area (Å²) in [5.41, 5.74) is 0. The van der Waals surface area contributed by atoms with Crippen LogP contribution in [0.1, 0.15) is 13.3 Å². The van der Waals surface area contributed by atoms with Crippen molar-refractivity contribution in [2.24, 2.45) is 0 Å². The predicted molar refractivity (Wildman–Crippen MR) is 85.5 cm³/mol. The van der Waals surface area contributed by atoms with Crippen molar-refractivity contribution in [1.29, 1.82) is 0 Å². The molecule has 1 aromatic carbocycles. The Morgan fingerprint density at radius 1 is 1.40 bits per heavy atom. The summed E-state index contributed by atoms with van der Waals surface area (Å²) in [6.07, 6.45) is 8.48. The van der Waals surface area contributed by atoms with Crippen molar-refractivity contribution in [1.82, 2.24) is 4.90 Å². The number of amides is 1. The minimum Gasteiger partial charge on any atom is -0.329 e. The van der Waals surface area contributed by atoms with E-state index in [1.54, 1.807) is 23.9 Å². The van der Waals surface area contributed by atoms with Crippen molar-refractivity contribution in [3.63, 3.8) is 0 Å². The summed E-state index contributed by atoms with van der Waals surface area (Å²) in [7, 11) is 0. The Balaban J connectivity index is 2.17. The molecule has 1 atom stereocenters. The monoisotopic (exact) mass is 285 g/mol. The second-order valence-electron chi connectivity index (χ2n) is 4.60.